The molecule has 0 spiro atoms. The summed E-state index contributed by atoms with van der Waals surface area (Å²) in [5.41, 5.74) is 2.78. The Kier molecular flexibility index (Phi) is 7.41. The van der Waals surface area contributed by atoms with Crippen LogP contribution in [0.2, 0.25) is 0 Å². The zero-order chi connectivity index (χ0) is 24.8. The molecule has 0 fully saturated rings. The molecular weight excluding hydrogens is 466 g/mol. The van der Waals surface area contributed by atoms with Crippen molar-refractivity contribution in [3.05, 3.63) is 88.5 Å². The molecule has 0 radical (unpaired) electrons. The predicted octanol–water partition coefficient (Wildman–Crippen LogP) is 5.28. The molecule has 1 N–H and O–H groups in total. The number of nitrogens with zero attached hydrogens (tertiary/aromatic N) is 4. The Hall–Kier alpha value is -4.18. The number of carbonyl (C=O) groups is 1. The molecule has 1 amide bonds. The van der Waals surface area contributed by atoms with Crippen molar-refractivity contribution < 1.29 is 14.5 Å². The summed E-state index contributed by atoms with van der Waals surface area (Å²) in [7, 11) is 0. The van der Waals surface area contributed by atoms with Crippen molar-refractivity contribution in [3.63, 3.8) is 0 Å². The lowest BCUT2D eigenvalue weighted by molar-refractivity contribution is -0.383. The molecule has 178 valence electrons. The van der Waals surface area contributed by atoms with Crippen LogP contribution >= 0.6 is 11.8 Å². The summed E-state index contributed by atoms with van der Waals surface area (Å²) in [6.07, 6.45) is 0. The molecular formula is C25H23N5O4S. The van der Waals surface area contributed by atoms with Crippen molar-refractivity contribution in [2.24, 2.45) is 0 Å². The van der Waals surface area contributed by atoms with Gasteiger partial charge < -0.3 is 10.1 Å². The van der Waals surface area contributed by atoms with Crippen molar-refractivity contribution in [3.8, 4) is 22.8 Å². The fourth-order valence-electron chi connectivity index (χ4n) is 3.48. The van der Waals surface area contributed by atoms with Gasteiger partial charge in [0, 0.05) is 17.3 Å². The fraction of sp³-hybridized carbons (Fsp3) is 0.160. The van der Waals surface area contributed by atoms with E-state index in [1.165, 1.54) is 23.9 Å². The van der Waals surface area contributed by atoms with E-state index in [4.69, 9.17) is 4.74 Å². The van der Waals surface area contributed by atoms with E-state index in [0.29, 0.717) is 17.6 Å². The summed E-state index contributed by atoms with van der Waals surface area (Å²) in [5.74, 6) is 0.997. The Morgan fingerprint density at radius 3 is 2.57 bits per heavy atom. The second-order valence-corrected chi connectivity index (χ2v) is 8.49. The number of rotatable bonds is 9. The van der Waals surface area contributed by atoms with Crippen LogP contribution in [-0.2, 0) is 4.79 Å². The molecule has 4 aromatic rings. The molecule has 0 saturated heterocycles. The number of nitro benzene ring substituents is 1. The van der Waals surface area contributed by atoms with Gasteiger partial charge in [-0.25, -0.2) is 0 Å². The van der Waals surface area contributed by atoms with E-state index in [1.54, 1.807) is 12.1 Å². The second kappa shape index (κ2) is 10.8. The minimum Gasteiger partial charge on any atom is -0.494 e. The highest BCUT2D eigenvalue weighted by molar-refractivity contribution is 7.99. The SMILES string of the molecule is CCOc1ccc(-n2c(SCC(=O)Nc3ccccc3[N+](=O)[O-])nnc2-c2cccc(C)c2)cc1. The minimum absolute atomic E-state index is 0.00493. The number of hydrogen-bond donors (Lipinski definition) is 1. The molecule has 3 aromatic carbocycles. The Labute approximate surface area is 206 Å². The third-order valence-electron chi connectivity index (χ3n) is 5.02. The molecule has 35 heavy (non-hydrogen) atoms. The van der Waals surface area contributed by atoms with E-state index in [-0.39, 0.29) is 23.0 Å². The smallest absolute Gasteiger partial charge is 0.292 e. The normalized spacial score (nSPS) is 10.7. The topological polar surface area (TPSA) is 112 Å². The first kappa shape index (κ1) is 24.0. The molecule has 10 heteroatoms. The molecule has 0 aliphatic heterocycles. The number of para-hydroxylation sites is 2. The Balaban J connectivity index is 1.61. The largest absolute Gasteiger partial charge is 0.494 e. The van der Waals surface area contributed by atoms with Gasteiger partial charge in [-0.3, -0.25) is 19.5 Å². The van der Waals surface area contributed by atoms with Crippen LogP contribution in [0.5, 0.6) is 5.75 Å². The number of thioether (sulfide) groups is 1. The number of amides is 1. The van der Waals surface area contributed by atoms with Crippen LogP contribution in [0.15, 0.2) is 78.0 Å². The lowest BCUT2D eigenvalue weighted by atomic mass is 10.1. The lowest BCUT2D eigenvalue weighted by Crippen LogP contribution is -2.15. The van der Waals surface area contributed by atoms with Gasteiger partial charge in [-0.1, -0.05) is 47.7 Å². The van der Waals surface area contributed by atoms with E-state index in [2.05, 4.69) is 15.5 Å². The monoisotopic (exact) mass is 489 g/mol. The summed E-state index contributed by atoms with van der Waals surface area (Å²) in [5, 5.41) is 23.1. The van der Waals surface area contributed by atoms with E-state index in [0.717, 1.165) is 22.6 Å². The number of carbonyl (C=O) groups excluding carboxylic acids is 1. The first-order valence-electron chi connectivity index (χ1n) is 10.9. The molecule has 1 heterocycles. The third kappa shape index (κ3) is 5.67. The van der Waals surface area contributed by atoms with Gasteiger partial charge in [0.05, 0.1) is 17.3 Å². The van der Waals surface area contributed by atoms with Crippen molar-refractivity contribution in [2.45, 2.75) is 19.0 Å². The van der Waals surface area contributed by atoms with Gasteiger partial charge in [-0.2, -0.15) is 0 Å². The highest BCUT2D eigenvalue weighted by atomic mass is 32.2. The van der Waals surface area contributed by atoms with E-state index >= 15 is 0 Å². The summed E-state index contributed by atoms with van der Waals surface area (Å²) in [6, 6.07) is 21.5. The van der Waals surface area contributed by atoms with Gasteiger partial charge >= 0.3 is 0 Å². The number of benzene rings is 3. The number of nitro groups is 1. The van der Waals surface area contributed by atoms with Gasteiger partial charge in [0.15, 0.2) is 11.0 Å². The number of aryl methyl sites for hydroxylation is 1. The van der Waals surface area contributed by atoms with E-state index in [9.17, 15) is 14.9 Å². The maximum atomic E-state index is 12.6. The Bertz CT molecular complexity index is 1350. The molecule has 4 rings (SSSR count). The standard InChI is InChI=1S/C25H23N5O4S/c1-3-34-20-13-11-19(12-14-20)29-24(18-8-6-7-17(2)15-18)27-28-25(29)35-16-23(31)26-21-9-4-5-10-22(21)30(32)33/h4-15H,3,16H2,1-2H3,(H,26,31). The number of nitrogens with one attached hydrogen (secondary N) is 1. The number of hydrogen-bond acceptors (Lipinski definition) is 7. The van der Waals surface area contributed by atoms with Crippen LogP contribution < -0.4 is 10.1 Å². The van der Waals surface area contributed by atoms with Crippen LogP contribution in [0.4, 0.5) is 11.4 Å². The Morgan fingerprint density at radius 1 is 1.09 bits per heavy atom. The van der Waals surface area contributed by atoms with E-state index < -0.39 is 4.92 Å². The number of anilines is 1. The lowest BCUT2D eigenvalue weighted by Gasteiger charge is -2.12. The maximum Gasteiger partial charge on any atom is 0.292 e. The van der Waals surface area contributed by atoms with Crippen LogP contribution in [0.25, 0.3) is 17.1 Å². The quantitative estimate of drug-likeness (QED) is 0.193. The molecule has 0 saturated carbocycles. The molecule has 0 aliphatic rings. The van der Waals surface area contributed by atoms with Crippen molar-refractivity contribution in [2.75, 3.05) is 17.7 Å². The predicted molar refractivity (Wildman–Crippen MR) is 135 cm³/mol. The van der Waals surface area contributed by atoms with Crippen LogP contribution in [0.1, 0.15) is 12.5 Å². The summed E-state index contributed by atoms with van der Waals surface area (Å²) >= 11 is 1.19. The first-order chi connectivity index (χ1) is 17.0. The first-order valence-corrected chi connectivity index (χ1v) is 11.9. The summed E-state index contributed by atoms with van der Waals surface area (Å²) in [4.78, 5) is 23.3. The van der Waals surface area contributed by atoms with Crippen LogP contribution in [-0.4, -0.2) is 38.0 Å². The maximum absolute atomic E-state index is 12.6. The van der Waals surface area contributed by atoms with Crippen molar-refractivity contribution in [1.82, 2.24) is 14.8 Å². The Morgan fingerprint density at radius 2 is 1.86 bits per heavy atom. The fourth-order valence-corrected chi connectivity index (χ4v) is 4.23. The molecule has 0 atom stereocenters. The molecule has 1 aromatic heterocycles. The molecule has 9 nitrogen and oxygen atoms in total. The average molecular weight is 490 g/mol. The second-order valence-electron chi connectivity index (χ2n) is 7.55. The van der Waals surface area contributed by atoms with Crippen LogP contribution in [0, 0.1) is 17.0 Å². The highest BCUT2D eigenvalue weighted by Gasteiger charge is 2.19. The van der Waals surface area contributed by atoms with Crippen molar-refractivity contribution in [1.29, 1.82) is 0 Å². The number of ether oxygens (including phenoxy) is 1. The van der Waals surface area contributed by atoms with Gasteiger partial charge in [0.2, 0.25) is 5.91 Å². The summed E-state index contributed by atoms with van der Waals surface area (Å²) in [6.45, 7) is 4.49. The number of aromatic nitrogens is 3. The average Bonchev–Trinajstić information content (AvgIpc) is 3.28. The van der Waals surface area contributed by atoms with E-state index in [1.807, 2.05) is 66.9 Å². The molecule has 0 bridgehead atoms. The summed E-state index contributed by atoms with van der Waals surface area (Å²) < 4.78 is 7.44. The van der Waals surface area contributed by atoms with Gasteiger partial charge in [0.1, 0.15) is 11.4 Å². The van der Waals surface area contributed by atoms with Crippen LogP contribution in [0.3, 0.4) is 0 Å². The van der Waals surface area contributed by atoms with Crippen molar-refractivity contribution >= 4 is 29.0 Å². The molecule has 0 aliphatic carbocycles. The van der Waals surface area contributed by atoms with Gasteiger partial charge in [-0.15, -0.1) is 10.2 Å². The zero-order valence-electron chi connectivity index (χ0n) is 19.2. The van der Waals surface area contributed by atoms with Gasteiger partial charge in [0.25, 0.3) is 5.69 Å². The minimum atomic E-state index is -0.528. The highest BCUT2D eigenvalue weighted by Crippen LogP contribution is 2.30. The molecule has 0 unspecified atom stereocenters. The third-order valence-corrected chi connectivity index (χ3v) is 5.95. The van der Waals surface area contributed by atoms with Gasteiger partial charge in [-0.05, 0) is 50.2 Å². The zero-order valence-corrected chi connectivity index (χ0v) is 20.0.